The van der Waals surface area contributed by atoms with E-state index in [0.29, 0.717) is 18.2 Å². The van der Waals surface area contributed by atoms with Crippen LogP contribution in [0.4, 0.5) is 0 Å². The summed E-state index contributed by atoms with van der Waals surface area (Å²) in [5.74, 6) is 0.106. The fourth-order valence-corrected chi connectivity index (χ4v) is 3.95. The lowest BCUT2D eigenvalue weighted by molar-refractivity contribution is 0.0783. The van der Waals surface area contributed by atoms with Crippen LogP contribution in [0.25, 0.3) is 10.9 Å². The molecule has 28 heavy (non-hydrogen) atoms. The van der Waals surface area contributed by atoms with Gasteiger partial charge in [0.1, 0.15) is 6.07 Å². The highest BCUT2D eigenvalue weighted by Crippen LogP contribution is 2.22. The summed E-state index contributed by atoms with van der Waals surface area (Å²) in [4.78, 5) is 16.9. The Kier molecular flexibility index (Phi) is 4.89. The zero-order valence-corrected chi connectivity index (χ0v) is 16.3. The highest BCUT2D eigenvalue weighted by Gasteiger charge is 2.27. The van der Waals surface area contributed by atoms with Crippen LogP contribution in [0, 0.1) is 11.3 Å². The number of nitriles is 1. The van der Waals surface area contributed by atoms with Gasteiger partial charge < -0.3 is 14.4 Å². The Morgan fingerprint density at radius 2 is 1.93 bits per heavy atom. The van der Waals surface area contributed by atoms with E-state index in [1.165, 1.54) is 0 Å². The minimum Gasteiger partial charge on any atom is -0.342 e. The van der Waals surface area contributed by atoms with E-state index in [1.807, 2.05) is 59.6 Å². The Morgan fingerprint density at radius 1 is 1.18 bits per heavy atom. The van der Waals surface area contributed by atoms with Crippen molar-refractivity contribution in [1.29, 1.82) is 5.26 Å². The fourth-order valence-electron chi connectivity index (χ4n) is 3.95. The smallest absolute Gasteiger partial charge is 0.253 e. The fraction of sp³-hybridized carbons (Fsp3) is 0.304. The molecule has 0 spiro atoms. The van der Waals surface area contributed by atoms with Crippen LogP contribution in [0.2, 0.25) is 0 Å². The number of para-hydroxylation sites is 1. The Labute approximate surface area is 165 Å². The van der Waals surface area contributed by atoms with E-state index in [0.717, 1.165) is 41.5 Å². The van der Waals surface area contributed by atoms with Crippen molar-refractivity contribution in [3.63, 3.8) is 0 Å². The van der Waals surface area contributed by atoms with Crippen molar-refractivity contribution < 1.29 is 4.79 Å². The second kappa shape index (κ2) is 7.49. The predicted octanol–water partition coefficient (Wildman–Crippen LogP) is 3.34. The lowest BCUT2D eigenvalue weighted by Crippen LogP contribution is -2.34. The first kappa shape index (κ1) is 18.3. The number of benzene rings is 2. The van der Waals surface area contributed by atoms with Crippen LogP contribution in [0.3, 0.4) is 0 Å². The standard InChI is InChI=1S/C23H24N4O/c1-25(2)20-11-12-26(16-20)23(28)18-9-7-17(8-10-18)14-27-15-19(13-24)21-5-3-4-6-22(21)27/h3-10,15,20H,11-12,14,16H2,1-2H3. The third kappa shape index (κ3) is 3.39. The molecule has 5 heteroatoms. The molecule has 3 aromatic rings. The first-order valence-electron chi connectivity index (χ1n) is 9.59. The van der Waals surface area contributed by atoms with Gasteiger partial charge in [-0.1, -0.05) is 30.3 Å². The number of hydrogen-bond donors (Lipinski definition) is 0. The van der Waals surface area contributed by atoms with Gasteiger partial charge in [0.25, 0.3) is 5.91 Å². The summed E-state index contributed by atoms with van der Waals surface area (Å²) in [6.45, 7) is 2.28. The highest BCUT2D eigenvalue weighted by atomic mass is 16.2. The molecule has 0 saturated carbocycles. The number of fused-ring (bicyclic) bond motifs is 1. The predicted molar refractivity (Wildman–Crippen MR) is 110 cm³/mol. The zero-order chi connectivity index (χ0) is 19.7. The summed E-state index contributed by atoms with van der Waals surface area (Å²) in [6.07, 6.45) is 2.92. The van der Waals surface area contributed by atoms with Crippen LogP contribution in [0.1, 0.15) is 27.9 Å². The van der Waals surface area contributed by atoms with Gasteiger partial charge in [-0.05, 0) is 44.3 Å². The summed E-state index contributed by atoms with van der Waals surface area (Å²) < 4.78 is 2.09. The number of hydrogen-bond acceptors (Lipinski definition) is 3. The number of likely N-dealkylation sites (N-methyl/N-ethyl adjacent to an activating group) is 1. The summed E-state index contributed by atoms with van der Waals surface area (Å²) in [5.41, 5.74) is 3.57. The van der Waals surface area contributed by atoms with Gasteiger partial charge in [0.05, 0.1) is 5.56 Å². The average molecular weight is 372 g/mol. The molecule has 5 nitrogen and oxygen atoms in total. The van der Waals surface area contributed by atoms with E-state index in [2.05, 4.69) is 29.6 Å². The number of aromatic nitrogens is 1. The molecule has 0 radical (unpaired) electrons. The minimum absolute atomic E-state index is 0.106. The monoisotopic (exact) mass is 372 g/mol. The van der Waals surface area contributed by atoms with Gasteiger partial charge in [-0.3, -0.25) is 4.79 Å². The van der Waals surface area contributed by atoms with Gasteiger partial charge in [0.15, 0.2) is 0 Å². The SMILES string of the molecule is CN(C)C1CCN(C(=O)c2ccc(Cn3cc(C#N)c4ccccc43)cc2)C1. The Morgan fingerprint density at radius 3 is 2.61 bits per heavy atom. The molecule has 1 aliphatic rings. The number of carbonyl (C=O) groups is 1. The van der Waals surface area contributed by atoms with Crippen molar-refractivity contribution in [2.45, 2.75) is 19.0 Å². The van der Waals surface area contributed by atoms with Crippen LogP contribution >= 0.6 is 0 Å². The summed E-state index contributed by atoms with van der Waals surface area (Å²) in [6, 6.07) is 18.5. The first-order valence-corrected chi connectivity index (χ1v) is 9.59. The van der Waals surface area contributed by atoms with Gasteiger partial charge in [-0.2, -0.15) is 5.26 Å². The molecule has 0 aliphatic carbocycles. The summed E-state index contributed by atoms with van der Waals surface area (Å²) >= 11 is 0. The number of nitrogens with zero attached hydrogens (tertiary/aromatic N) is 4. The molecular formula is C23H24N4O. The number of likely N-dealkylation sites (tertiary alicyclic amines) is 1. The van der Waals surface area contributed by atoms with Crippen LogP contribution in [-0.2, 0) is 6.54 Å². The maximum absolute atomic E-state index is 12.8. The van der Waals surface area contributed by atoms with E-state index in [1.54, 1.807) is 0 Å². The maximum atomic E-state index is 12.8. The van der Waals surface area contributed by atoms with Crippen LogP contribution in [0.5, 0.6) is 0 Å². The van der Waals surface area contributed by atoms with Crippen molar-refractivity contribution >= 4 is 16.8 Å². The normalized spacial score (nSPS) is 16.6. The van der Waals surface area contributed by atoms with Gasteiger partial charge >= 0.3 is 0 Å². The number of amides is 1. The molecule has 4 rings (SSSR count). The van der Waals surface area contributed by atoms with Crippen molar-refractivity contribution in [3.8, 4) is 6.07 Å². The first-order chi connectivity index (χ1) is 13.6. The minimum atomic E-state index is 0.106. The Hall–Kier alpha value is -3.10. The quantitative estimate of drug-likeness (QED) is 0.706. The topological polar surface area (TPSA) is 52.3 Å². The number of carbonyl (C=O) groups excluding carboxylic acids is 1. The highest BCUT2D eigenvalue weighted by molar-refractivity contribution is 5.94. The van der Waals surface area contributed by atoms with Crippen molar-refractivity contribution in [1.82, 2.24) is 14.4 Å². The van der Waals surface area contributed by atoms with E-state index in [-0.39, 0.29) is 5.91 Å². The second-order valence-corrected chi connectivity index (χ2v) is 7.65. The molecule has 1 fully saturated rings. The van der Waals surface area contributed by atoms with Crippen LogP contribution in [-0.4, -0.2) is 53.5 Å². The van der Waals surface area contributed by atoms with E-state index >= 15 is 0 Å². The van der Waals surface area contributed by atoms with E-state index in [9.17, 15) is 10.1 Å². The molecule has 1 aliphatic heterocycles. The lowest BCUT2D eigenvalue weighted by Gasteiger charge is -2.20. The van der Waals surface area contributed by atoms with Crippen molar-refractivity contribution in [2.75, 3.05) is 27.2 Å². The third-order valence-electron chi connectivity index (χ3n) is 5.64. The molecule has 142 valence electrons. The van der Waals surface area contributed by atoms with Crippen molar-refractivity contribution in [2.24, 2.45) is 0 Å². The zero-order valence-electron chi connectivity index (χ0n) is 16.3. The average Bonchev–Trinajstić information content (AvgIpc) is 3.34. The number of rotatable bonds is 4. The molecule has 1 atom stereocenters. The Bertz CT molecular complexity index is 1040. The maximum Gasteiger partial charge on any atom is 0.253 e. The Balaban J connectivity index is 1.50. The molecule has 1 aromatic heterocycles. The van der Waals surface area contributed by atoms with Gasteiger partial charge in [-0.15, -0.1) is 0 Å². The van der Waals surface area contributed by atoms with Gasteiger partial charge in [0, 0.05) is 48.3 Å². The third-order valence-corrected chi connectivity index (χ3v) is 5.64. The molecule has 1 unspecified atom stereocenters. The molecule has 0 N–H and O–H groups in total. The molecule has 2 aromatic carbocycles. The second-order valence-electron chi connectivity index (χ2n) is 7.65. The van der Waals surface area contributed by atoms with Gasteiger partial charge in [0.2, 0.25) is 0 Å². The summed E-state index contributed by atoms with van der Waals surface area (Å²) in [5, 5.41) is 10.3. The molecule has 2 heterocycles. The molecule has 1 amide bonds. The summed E-state index contributed by atoms with van der Waals surface area (Å²) in [7, 11) is 4.13. The molecular weight excluding hydrogens is 348 g/mol. The molecule has 1 saturated heterocycles. The van der Waals surface area contributed by atoms with Crippen molar-refractivity contribution in [3.05, 3.63) is 71.4 Å². The van der Waals surface area contributed by atoms with Crippen LogP contribution < -0.4 is 0 Å². The van der Waals surface area contributed by atoms with E-state index in [4.69, 9.17) is 0 Å². The molecule has 0 bridgehead atoms. The van der Waals surface area contributed by atoms with Gasteiger partial charge in [-0.25, -0.2) is 0 Å². The van der Waals surface area contributed by atoms with E-state index < -0.39 is 0 Å². The van der Waals surface area contributed by atoms with Crippen LogP contribution in [0.15, 0.2) is 54.7 Å². The largest absolute Gasteiger partial charge is 0.342 e. The lowest BCUT2D eigenvalue weighted by atomic mass is 10.1.